The van der Waals surface area contributed by atoms with Crippen molar-refractivity contribution in [2.24, 2.45) is 0 Å². The van der Waals surface area contributed by atoms with Crippen LogP contribution in [0.4, 0.5) is 10.5 Å². The van der Waals surface area contributed by atoms with Crippen LogP contribution in [0, 0.1) is 10.7 Å². The third-order valence-electron chi connectivity index (χ3n) is 3.64. The van der Waals surface area contributed by atoms with Gasteiger partial charge in [0, 0.05) is 15.7 Å². The molecule has 0 saturated carbocycles. The van der Waals surface area contributed by atoms with Crippen molar-refractivity contribution in [1.29, 1.82) is 0 Å². The molecule has 2 rings (SSSR count). The number of anilines is 1. The molecule has 1 atom stereocenters. The number of nitrogens with one attached hydrogen (secondary N) is 2. The first kappa shape index (κ1) is 24.4. The van der Waals surface area contributed by atoms with Crippen LogP contribution in [-0.4, -0.2) is 28.7 Å². The molecule has 9 heteroatoms. The molecule has 0 aromatic heterocycles. The van der Waals surface area contributed by atoms with E-state index in [2.05, 4.69) is 33.2 Å². The maximum absolute atomic E-state index is 12.9. The summed E-state index contributed by atoms with van der Waals surface area (Å²) < 4.78 is 7.73. The molecule has 0 spiro atoms. The Bertz CT molecular complexity index is 873. The van der Waals surface area contributed by atoms with Crippen molar-refractivity contribution >= 4 is 85.5 Å². The summed E-state index contributed by atoms with van der Waals surface area (Å²) in [5.41, 5.74) is 0.779. The Balaban J connectivity index is 2.23. The van der Waals surface area contributed by atoms with Gasteiger partial charge in [0.05, 0.1) is 7.14 Å². The number of ether oxygens (including phenoxy) is 1. The van der Waals surface area contributed by atoms with E-state index in [1.807, 2.05) is 57.3 Å². The first-order valence-corrected chi connectivity index (χ1v) is 11.9. The van der Waals surface area contributed by atoms with Crippen LogP contribution < -0.4 is 10.6 Å². The van der Waals surface area contributed by atoms with Gasteiger partial charge in [0.2, 0.25) is 5.91 Å². The molecule has 0 saturated heterocycles. The number of carbonyl (C=O) groups excluding carboxylic acids is 2. The maximum Gasteiger partial charge on any atom is 0.408 e. The molecule has 3 N–H and O–H groups in total. The van der Waals surface area contributed by atoms with Gasteiger partial charge in [0.25, 0.3) is 0 Å². The first-order valence-electron chi connectivity index (χ1n) is 8.67. The second kappa shape index (κ2) is 10.5. The van der Waals surface area contributed by atoms with Crippen LogP contribution in [-0.2, 0) is 16.0 Å². The Labute approximate surface area is 211 Å². The van der Waals surface area contributed by atoms with Crippen molar-refractivity contribution in [2.75, 3.05) is 5.32 Å². The molecule has 0 aliphatic carbocycles. The van der Waals surface area contributed by atoms with Gasteiger partial charge >= 0.3 is 6.09 Å². The quantitative estimate of drug-likeness (QED) is 0.366. The minimum absolute atomic E-state index is 0.204. The van der Waals surface area contributed by atoms with E-state index >= 15 is 0 Å². The molecule has 6 nitrogen and oxygen atoms in total. The lowest BCUT2D eigenvalue weighted by Crippen LogP contribution is -2.47. The van der Waals surface area contributed by atoms with Crippen molar-refractivity contribution in [2.45, 2.75) is 38.8 Å². The molecule has 0 aliphatic heterocycles. The fourth-order valence-corrected chi connectivity index (χ4v) is 4.65. The highest BCUT2D eigenvalue weighted by Gasteiger charge is 2.25. The summed E-state index contributed by atoms with van der Waals surface area (Å²) in [6.07, 6.45) is -0.412. The predicted molar refractivity (Wildman–Crippen MR) is 138 cm³/mol. The number of phenols is 1. The Morgan fingerprint density at radius 3 is 2.14 bits per heavy atom. The highest BCUT2D eigenvalue weighted by Crippen LogP contribution is 2.28. The second-order valence-corrected chi connectivity index (χ2v) is 10.9. The highest BCUT2D eigenvalue weighted by atomic mass is 127. The van der Waals surface area contributed by atoms with Crippen molar-refractivity contribution < 1.29 is 19.4 Å². The van der Waals surface area contributed by atoms with E-state index in [0.717, 1.165) is 9.13 Å². The Hall–Kier alpha value is -0.830. The molecule has 2 aromatic carbocycles. The molecule has 0 radical (unpaired) electrons. The number of aromatic hydroxyl groups is 1. The number of halogens is 3. The van der Waals surface area contributed by atoms with E-state index in [0.29, 0.717) is 12.8 Å². The third kappa shape index (κ3) is 8.07. The van der Waals surface area contributed by atoms with Crippen molar-refractivity contribution in [3.63, 3.8) is 0 Å². The zero-order chi connectivity index (χ0) is 21.8. The number of phenolic OH excluding ortho intramolecular Hbond substituents is 1. The summed E-state index contributed by atoms with van der Waals surface area (Å²) in [6.45, 7) is 5.29. The minimum Gasteiger partial charge on any atom is -0.506 e. The SMILES string of the molecule is CC(C)(C)OC(=O)N[C@H](Cc1cc(I)c(O)c(I)c1)C(=O)Nc1ccc(I)cc1. The lowest BCUT2D eigenvalue weighted by Gasteiger charge is -2.23. The summed E-state index contributed by atoms with van der Waals surface area (Å²) in [4.78, 5) is 25.2. The second-order valence-electron chi connectivity index (χ2n) is 7.31. The Morgan fingerprint density at radius 2 is 1.62 bits per heavy atom. The van der Waals surface area contributed by atoms with Crippen LogP contribution in [0.25, 0.3) is 0 Å². The first-order chi connectivity index (χ1) is 13.4. The van der Waals surface area contributed by atoms with Gasteiger partial charge in [0.1, 0.15) is 17.4 Å². The van der Waals surface area contributed by atoms with Crippen LogP contribution in [0.1, 0.15) is 26.3 Å². The van der Waals surface area contributed by atoms with E-state index in [-0.39, 0.29) is 18.1 Å². The average Bonchev–Trinajstić information content (AvgIpc) is 2.59. The lowest BCUT2D eigenvalue weighted by atomic mass is 10.0. The van der Waals surface area contributed by atoms with Crippen LogP contribution in [0.5, 0.6) is 5.75 Å². The van der Waals surface area contributed by atoms with E-state index in [9.17, 15) is 14.7 Å². The third-order valence-corrected chi connectivity index (χ3v) is 6.00. The number of hydrogen-bond donors (Lipinski definition) is 3. The number of carbonyl (C=O) groups is 2. The predicted octanol–water partition coefficient (Wildman–Crippen LogP) is 5.28. The van der Waals surface area contributed by atoms with Crippen molar-refractivity contribution in [3.05, 3.63) is 52.7 Å². The molecule has 2 aromatic rings. The molecular weight excluding hydrogens is 713 g/mol. The Morgan fingerprint density at radius 1 is 1.07 bits per heavy atom. The van der Waals surface area contributed by atoms with Gasteiger partial charge in [-0.2, -0.15) is 0 Å². The highest BCUT2D eigenvalue weighted by molar-refractivity contribution is 14.1. The minimum atomic E-state index is -0.847. The molecule has 156 valence electrons. The lowest BCUT2D eigenvalue weighted by molar-refractivity contribution is -0.118. The molecule has 0 fully saturated rings. The van der Waals surface area contributed by atoms with Gasteiger partial charge in [-0.3, -0.25) is 4.79 Å². The number of alkyl carbamates (subject to hydrolysis) is 1. The summed E-state index contributed by atoms with van der Waals surface area (Å²) in [7, 11) is 0. The van der Waals surface area contributed by atoms with Crippen LogP contribution in [0.2, 0.25) is 0 Å². The molecule has 0 aliphatic rings. The zero-order valence-electron chi connectivity index (χ0n) is 16.1. The van der Waals surface area contributed by atoms with Gasteiger partial charge in [-0.25, -0.2) is 4.79 Å². The van der Waals surface area contributed by atoms with Gasteiger partial charge in [-0.15, -0.1) is 0 Å². The summed E-state index contributed by atoms with van der Waals surface area (Å²) >= 11 is 6.26. The van der Waals surface area contributed by atoms with Crippen LogP contribution in [0.15, 0.2) is 36.4 Å². The molecule has 29 heavy (non-hydrogen) atoms. The van der Waals surface area contributed by atoms with E-state index in [4.69, 9.17) is 4.74 Å². The largest absolute Gasteiger partial charge is 0.506 e. The summed E-state index contributed by atoms with van der Waals surface area (Å²) in [5, 5.41) is 15.5. The summed E-state index contributed by atoms with van der Waals surface area (Å²) in [5.74, 6) is -0.148. The van der Waals surface area contributed by atoms with Crippen LogP contribution >= 0.6 is 67.8 Å². The van der Waals surface area contributed by atoms with Crippen LogP contribution in [0.3, 0.4) is 0 Å². The number of rotatable bonds is 5. The Kier molecular flexibility index (Phi) is 8.82. The standard InChI is InChI=1S/C20H21I3N2O4/c1-20(2,3)29-19(28)25-16(10-11-8-14(22)17(26)15(23)9-11)18(27)24-13-6-4-12(21)5-7-13/h4-9,16,26H,10H2,1-3H3,(H,24,27)(H,25,28)/t16-/m1/s1. The van der Waals surface area contributed by atoms with E-state index in [1.165, 1.54) is 0 Å². The number of benzene rings is 2. The average molecular weight is 734 g/mol. The summed E-state index contributed by atoms with van der Waals surface area (Å²) in [6, 6.07) is 10.1. The topological polar surface area (TPSA) is 87.7 Å². The van der Waals surface area contributed by atoms with E-state index < -0.39 is 17.7 Å². The fourth-order valence-electron chi connectivity index (χ4n) is 2.39. The van der Waals surface area contributed by atoms with Crippen molar-refractivity contribution in [3.8, 4) is 5.75 Å². The van der Waals surface area contributed by atoms with Crippen molar-refractivity contribution in [1.82, 2.24) is 5.32 Å². The molecule has 0 bridgehead atoms. The monoisotopic (exact) mass is 734 g/mol. The molecule has 0 heterocycles. The number of amides is 2. The molecule has 0 unspecified atom stereocenters. The normalized spacial score (nSPS) is 12.2. The fraction of sp³-hybridized carbons (Fsp3) is 0.300. The van der Waals surface area contributed by atoms with Gasteiger partial charge < -0.3 is 20.5 Å². The van der Waals surface area contributed by atoms with Gasteiger partial charge in [-0.05, 0) is 131 Å². The zero-order valence-corrected chi connectivity index (χ0v) is 22.5. The van der Waals surface area contributed by atoms with E-state index in [1.54, 1.807) is 45.0 Å². The number of hydrogen-bond acceptors (Lipinski definition) is 4. The molecular formula is C20H21I3N2O4. The van der Waals surface area contributed by atoms with Gasteiger partial charge in [-0.1, -0.05) is 0 Å². The molecule has 2 amide bonds. The maximum atomic E-state index is 12.9. The van der Waals surface area contributed by atoms with Gasteiger partial charge in [0.15, 0.2) is 0 Å². The smallest absolute Gasteiger partial charge is 0.408 e.